The molecule has 5 aromatic carbocycles. The van der Waals surface area contributed by atoms with Crippen LogP contribution in [0.5, 0.6) is 0 Å². The average Bonchev–Trinajstić information content (AvgIpc) is 3.80. The molecule has 0 aliphatic heterocycles. The molecule has 0 spiro atoms. The minimum Gasteiger partial charge on any atom is -0.439 e. The Morgan fingerprint density at radius 2 is 1.11 bits per heavy atom. The van der Waals surface area contributed by atoms with Gasteiger partial charge in [0.15, 0.2) is 0 Å². The summed E-state index contributed by atoms with van der Waals surface area (Å²) in [6.07, 6.45) is 1.86. The van der Waals surface area contributed by atoms with Crippen LogP contribution in [0.2, 0.25) is 0 Å². The zero-order valence-corrected chi connectivity index (χ0v) is 23.6. The maximum absolute atomic E-state index is 6.57. The second kappa shape index (κ2) is 8.72. The number of aromatic nitrogens is 4. The van der Waals surface area contributed by atoms with E-state index in [1.54, 1.807) is 0 Å². The van der Waals surface area contributed by atoms with Gasteiger partial charge in [0.1, 0.15) is 17.0 Å². The number of hydrogen-bond acceptors (Lipinski definition) is 2. The molecule has 0 unspecified atom stereocenters. The SMILES string of the molecule is c1ccc(-n2c3ccc(-n4c5ccccc5c5c6ccccc6oc54)cc3c3c4ccccc4n(-c4ccccn4)c32)cc1. The molecular formula is C39H24N4O. The lowest BCUT2D eigenvalue weighted by Gasteiger charge is -2.12. The standard InChI is InChI=1S/C39H24N4O/c1-2-12-25(13-3-1)41-33-22-21-26(42-31-17-7-5-15-28(31)37-29-16-6-9-19-34(29)44-39(37)42)24-30(33)36-27-14-4-8-18-32(27)43(38(36)41)35-20-10-11-23-40-35/h1-24H. The summed E-state index contributed by atoms with van der Waals surface area (Å²) in [5.41, 5.74) is 8.40. The molecule has 5 heterocycles. The Kier molecular flexibility index (Phi) is 4.66. The first kappa shape index (κ1) is 23.5. The summed E-state index contributed by atoms with van der Waals surface area (Å²) in [5.74, 6) is 0.888. The number of nitrogens with zero attached hydrogens (tertiary/aromatic N) is 4. The smallest absolute Gasteiger partial charge is 0.213 e. The molecule has 0 amide bonds. The van der Waals surface area contributed by atoms with Gasteiger partial charge in [0, 0.05) is 44.5 Å². The van der Waals surface area contributed by atoms with Crippen molar-refractivity contribution < 1.29 is 4.42 Å². The first-order chi connectivity index (χ1) is 21.9. The van der Waals surface area contributed by atoms with Gasteiger partial charge in [-0.2, -0.15) is 0 Å². The quantitative estimate of drug-likeness (QED) is 0.214. The van der Waals surface area contributed by atoms with E-state index in [-0.39, 0.29) is 0 Å². The van der Waals surface area contributed by atoms with Gasteiger partial charge < -0.3 is 4.42 Å². The molecule has 44 heavy (non-hydrogen) atoms. The molecule has 5 aromatic heterocycles. The number of pyridine rings is 1. The van der Waals surface area contributed by atoms with Gasteiger partial charge in [-0.25, -0.2) is 4.98 Å². The molecule has 0 saturated carbocycles. The molecule has 0 atom stereocenters. The van der Waals surface area contributed by atoms with Gasteiger partial charge in [-0.05, 0) is 60.7 Å². The summed E-state index contributed by atoms with van der Waals surface area (Å²) < 4.78 is 13.5. The van der Waals surface area contributed by atoms with Crippen molar-refractivity contribution in [2.45, 2.75) is 0 Å². The lowest BCUT2D eigenvalue weighted by molar-refractivity contribution is 0.645. The van der Waals surface area contributed by atoms with Crippen molar-refractivity contribution in [2.75, 3.05) is 0 Å². The first-order valence-corrected chi connectivity index (χ1v) is 14.8. The van der Waals surface area contributed by atoms with E-state index in [0.717, 1.165) is 61.5 Å². The molecule has 0 saturated heterocycles. The highest BCUT2D eigenvalue weighted by Crippen LogP contribution is 2.43. The van der Waals surface area contributed by atoms with Crippen molar-refractivity contribution in [3.8, 4) is 17.2 Å². The maximum atomic E-state index is 6.57. The van der Waals surface area contributed by atoms with Gasteiger partial charge in [-0.3, -0.25) is 13.7 Å². The Hall–Kier alpha value is -6.07. The van der Waals surface area contributed by atoms with Gasteiger partial charge in [-0.1, -0.05) is 78.9 Å². The van der Waals surface area contributed by atoms with E-state index in [2.05, 4.69) is 129 Å². The third-order valence-electron chi connectivity index (χ3n) is 8.90. The minimum absolute atomic E-state index is 0.862. The molecular weight excluding hydrogens is 540 g/mol. The fourth-order valence-electron chi connectivity index (χ4n) is 7.13. The summed E-state index contributed by atoms with van der Waals surface area (Å²) in [5, 5.41) is 7.03. The Morgan fingerprint density at radius 1 is 0.455 bits per heavy atom. The van der Waals surface area contributed by atoms with Crippen LogP contribution in [0.1, 0.15) is 0 Å². The topological polar surface area (TPSA) is 40.8 Å². The third kappa shape index (κ3) is 3.05. The van der Waals surface area contributed by atoms with Gasteiger partial charge in [-0.15, -0.1) is 0 Å². The van der Waals surface area contributed by atoms with Crippen LogP contribution >= 0.6 is 0 Å². The highest BCUT2D eigenvalue weighted by molar-refractivity contribution is 6.23. The third-order valence-corrected chi connectivity index (χ3v) is 8.90. The van der Waals surface area contributed by atoms with Crippen LogP contribution in [0.25, 0.3) is 83.0 Å². The fourth-order valence-corrected chi connectivity index (χ4v) is 7.13. The molecule has 5 heteroatoms. The Morgan fingerprint density at radius 3 is 1.91 bits per heavy atom. The first-order valence-electron chi connectivity index (χ1n) is 14.8. The molecule has 0 radical (unpaired) electrons. The van der Waals surface area contributed by atoms with Crippen molar-refractivity contribution in [3.63, 3.8) is 0 Å². The highest BCUT2D eigenvalue weighted by atomic mass is 16.3. The molecule has 0 aliphatic rings. The summed E-state index contributed by atoms with van der Waals surface area (Å²) >= 11 is 0. The van der Waals surface area contributed by atoms with Crippen molar-refractivity contribution in [1.82, 2.24) is 18.7 Å². The minimum atomic E-state index is 0.862. The Labute approximate surface area is 251 Å². The van der Waals surface area contributed by atoms with E-state index in [0.29, 0.717) is 0 Å². The predicted molar refractivity (Wildman–Crippen MR) is 180 cm³/mol. The van der Waals surface area contributed by atoms with Crippen molar-refractivity contribution in [1.29, 1.82) is 0 Å². The number of hydrogen-bond donors (Lipinski definition) is 0. The monoisotopic (exact) mass is 564 g/mol. The second-order valence-corrected chi connectivity index (χ2v) is 11.2. The zero-order chi connectivity index (χ0) is 28.8. The maximum Gasteiger partial charge on any atom is 0.213 e. The predicted octanol–water partition coefficient (Wildman–Crippen LogP) is 9.97. The summed E-state index contributed by atoms with van der Waals surface area (Å²) in [6, 6.07) is 49.0. The number of rotatable bonds is 3. The van der Waals surface area contributed by atoms with Crippen molar-refractivity contribution in [2.24, 2.45) is 0 Å². The molecule has 10 aromatic rings. The second-order valence-electron chi connectivity index (χ2n) is 11.2. The Balaban J connectivity index is 1.38. The van der Waals surface area contributed by atoms with Crippen LogP contribution in [0.3, 0.4) is 0 Å². The van der Waals surface area contributed by atoms with Crippen molar-refractivity contribution >= 4 is 65.8 Å². The Bertz CT molecular complexity index is 2710. The highest BCUT2D eigenvalue weighted by Gasteiger charge is 2.24. The lowest BCUT2D eigenvalue weighted by Crippen LogP contribution is -2.02. The van der Waals surface area contributed by atoms with E-state index in [9.17, 15) is 0 Å². The zero-order valence-electron chi connectivity index (χ0n) is 23.6. The van der Waals surface area contributed by atoms with E-state index < -0.39 is 0 Å². The van der Waals surface area contributed by atoms with Crippen LogP contribution in [-0.4, -0.2) is 18.7 Å². The normalized spacial score (nSPS) is 12.1. The van der Waals surface area contributed by atoms with Crippen molar-refractivity contribution in [3.05, 3.63) is 146 Å². The van der Waals surface area contributed by atoms with Crippen LogP contribution in [0, 0.1) is 0 Å². The molecule has 5 nitrogen and oxygen atoms in total. The lowest BCUT2D eigenvalue weighted by atomic mass is 10.1. The molecule has 206 valence electrons. The van der Waals surface area contributed by atoms with Gasteiger partial charge in [0.05, 0.1) is 21.9 Å². The van der Waals surface area contributed by atoms with Gasteiger partial charge in [0.25, 0.3) is 0 Å². The molecule has 0 bridgehead atoms. The number of para-hydroxylation sites is 4. The number of fused-ring (bicyclic) bond motifs is 10. The summed E-state index contributed by atoms with van der Waals surface area (Å²) in [6.45, 7) is 0. The fraction of sp³-hybridized carbons (Fsp3) is 0. The van der Waals surface area contributed by atoms with Gasteiger partial charge >= 0.3 is 0 Å². The largest absolute Gasteiger partial charge is 0.439 e. The molecule has 10 rings (SSSR count). The molecule has 0 N–H and O–H groups in total. The van der Waals surface area contributed by atoms with Crippen LogP contribution in [0.4, 0.5) is 0 Å². The van der Waals surface area contributed by atoms with E-state index in [1.165, 1.54) is 21.5 Å². The number of furan rings is 1. The van der Waals surface area contributed by atoms with E-state index in [4.69, 9.17) is 9.40 Å². The molecule has 0 fully saturated rings. The summed E-state index contributed by atoms with van der Waals surface area (Å²) in [7, 11) is 0. The molecule has 0 aliphatic carbocycles. The van der Waals surface area contributed by atoms with E-state index in [1.807, 2.05) is 30.5 Å². The van der Waals surface area contributed by atoms with Gasteiger partial charge in [0.2, 0.25) is 5.71 Å². The summed E-state index contributed by atoms with van der Waals surface area (Å²) in [4.78, 5) is 4.81. The van der Waals surface area contributed by atoms with Crippen LogP contribution in [-0.2, 0) is 0 Å². The van der Waals surface area contributed by atoms with Crippen LogP contribution in [0.15, 0.2) is 150 Å². The average molecular weight is 565 g/mol. The van der Waals surface area contributed by atoms with Crippen LogP contribution < -0.4 is 0 Å². The van der Waals surface area contributed by atoms with E-state index >= 15 is 0 Å². The number of benzene rings is 5.